The summed E-state index contributed by atoms with van der Waals surface area (Å²) >= 11 is 1.25. The fourth-order valence-electron chi connectivity index (χ4n) is 3.77. The molecule has 31 heavy (non-hydrogen) atoms. The Labute approximate surface area is 182 Å². The number of imide groups is 1. The minimum atomic E-state index is -0.643. The molecule has 8 nitrogen and oxygen atoms in total. The average molecular weight is 439 g/mol. The van der Waals surface area contributed by atoms with E-state index in [2.05, 4.69) is 10.6 Å². The molecule has 1 aromatic heterocycles. The zero-order valence-corrected chi connectivity index (χ0v) is 17.5. The van der Waals surface area contributed by atoms with E-state index in [9.17, 15) is 24.0 Å². The lowest BCUT2D eigenvalue weighted by molar-refractivity contribution is -0.138. The number of thiophene rings is 1. The number of carbonyl (C=O) groups excluding carboxylic acids is 5. The zero-order valence-electron chi connectivity index (χ0n) is 16.7. The first kappa shape index (κ1) is 20.9. The molecule has 0 radical (unpaired) electrons. The fourth-order valence-corrected chi connectivity index (χ4v) is 4.84. The minimum Gasteiger partial charge on any atom is -0.345 e. The molecule has 1 atom stereocenters. The predicted molar refractivity (Wildman–Crippen MR) is 112 cm³/mol. The molecule has 2 aliphatic heterocycles. The van der Waals surface area contributed by atoms with Gasteiger partial charge < -0.3 is 10.2 Å². The quantitative estimate of drug-likeness (QED) is 0.499. The monoisotopic (exact) mass is 439 g/mol. The molecule has 160 valence electrons. The normalized spacial score (nSPS) is 18.0. The average Bonchev–Trinajstić information content (AvgIpc) is 3.30. The highest BCUT2D eigenvalue weighted by Crippen LogP contribution is 2.33. The van der Waals surface area contributed by atoms with E-state index in [1.807, 2.05) is 36.4 Å². The Hall–Kier alpha value is -3.33. The van der Waals surface area contributed by atoms with Crippen LogP contribution in [-0.4, -0.2) is 40.4 Å². The van der Waals surface area contributed by atoms with Crippen LogP contribution in [0.2, 0.25) is 0 Å². The molecule has 1 unspecified atom stereocenters. The van der Waals surface area contributed by atoms with E-state index in [-0.39, 0.29) is 31.2 Å². The maximum atomic E-state index is 12.7. The van der Waals surface area contributed by atoms with Crippen LogP contribution in [0.5, 0.6) is 0 Å². The lowest BCUT2D eigenvalue weighted by atomic mass is 10.0. The number of fused-ring (bicyclic) bond motifs is 1. The predicted octanol–water partition coefficient (Wildman–Crippen LogP) is 1.33. The lowest BCUT2D eigenvalue weighted by Crippen LogP contribution is -2.52. The van der Waals surface area contributed by atoms with E-state index in [1.165, 1.54) is 16.2 Å². The van der Waals surface area contributed by atoms with Gasteiger partial charge in [0.25, 0.3) is 11.8 Å². The van der Waals surface area contributed by atoms with Crippen LogP contribution >= 0.6 is 11.3 Å². The number of amides is 4. The summed E-state index contributed by atoms with van der Waals surface area (Å²) in [5, 5.41) is 4.89. The Balaban J connectivity index is 1.29. The van der Waals surface area contributed by atoms with Crippen molar-refractivity contribution < 1.29 is 24.0 Å². The van der Waals surface area contributed by atoms with Crippen molar-refractivity contribution >= 4 is 40.7 Å². The summed E-state index contributed by atoms with van der Waals surface area (Å²) in [6.07, 6.45) is 1.17. The molecule has 4 amide bonds. The molecule has 1 aromatic carbocycles. The third-order valence-electron chi connectivity index (χ3n) is 5.40. The molecular formula is C22H21N3O5S. The number of carbonyl (C=O) groups is 5. The van der Waals surface area contributed by atoms with E-state index in [0.717, 1.165) is 16.0 Å². The van der Waals surface area contributed by atoms with Gasteiger partial charge in [0, 0.05) is 24.3 Å². The number of Topliss-reactive ketones (excluding diaryl/α,β-unsaturated/α-hetero) is 1. The van der Waals surface area contributed by atoms with Crippen molar-refractivity contribution in [3.63, 3.8) is 0 Å². The highest BCUT2D eigenvalue weighted by Gasteiger charge is 2.40. The number of hydrogen-bond donors (Lipinski definition) is 2. The molecular weight excluding hydrogens is 418 g/mol. The number of hydrogen-bond acceptors (Lipinski definition) is 6. The van der Waals surface area contributed by atoms with Gasteiger partial charge in [0.05, 0.1) is 11.4 Å². The van der Waals surface area contributed by atoms with Crippen molar-refractivity contribution in [1.82, 2.24) is 15.5 Å². The highest BCUT2D eigenvalue weighted by molar-refractivity contribution is 7.14. The summed E-state index contributed by atoms with van der Waals surface area (Å²) in [7, 11) is 0. The Bertz CT molecular complexity index is 1060. The van der Waals surface area contributed by atoms with Gasteiger partial charge in [0.1, 0.15) is 6.04 Å². The van der Waals surface area contributed by atoms with Crippen LogP contribution in [0.4, 0.5) is 0 Å². The smallest absolute Gasteiger partial charge is 0.287 e. The first-order chi connectivity index (χ1) is 14.9. The maximum absolute atomic E-state index is 12.7. The summed E-state index contributed by atoms with van der Waals surface area (Å²) < 4.78 is 0. The second-order valence-electron chi connectivity index (χ2n) is 7.56. The second-order valence-corrected chi connectivity index (χ2v) is 8.70. The largest absolute Gasteiger partial charge is 0.345 e. The number of piperidine rings is 1. The first-order valence-corrected chi connectivity index (χ1v) is 10.8. The molecule has 9 heteroatoms. The van der Waals surface area contributed by atoms with Crippen LogP contribution in [0, 0.1) is 0 Å². The van der Waals surface area contributed by atoms with E-state index in [1.54, 1.807) is 0 Å². The number of nitrogens with one attached hydrogen (secondary N) is 2. The van der Waals surface area contributed by atoms with Gasteiger partial charge in [-0.25, -0.2) is 0 Å². The summed E-state index contributed by atoms with van der Waals surface area (Å²) in [6, 6.07) is 10.7. The van der Waals surface area contributed by atoms with Gasteiger partial charge >= 0.3 is 0 Å². The maximum Gasteiger partial charge on any atom is 0.287 e. The van der Waals surface area contributed by atoms with E-state index >= 15 is 0 Å². The lowest BCUT2D eigenvalue weighted by Gasteiger charge is -2.29. The minimum absolute atomic E-state index is 0.135. The summed E-state index contributed by atoms with van der Waals surface area (Å²) in [6.45, 7) is 0.459. The SMILES string of the molecule is O=C1CCC(N2Cc3cc(CNC(=O)C(=O)CCc4ccccc4)sc3C2=O)C(=O)N1. The van der Waals surface area contributed by atoms with Crippen molar-refractivity contribution in [3.8, 4) is 0 Å². The molecule has 2 N–H and O–H groups in total. The second kappa shape index (κ2) is 8.81. The van der Waals surface area contributed by atoms with Crippen molar-refractivity contribution in [3.05, 3.63) is 57.3 Å². The van der Waals surface area contributed by atoms with Crippen molar-refractivity contribution in [1.29, 1.82) is 0 Å². The van der Waals surface area contributed by atoms with Crippen molar-refractivity contribution in [2.45, 2.75) is 44.8 Å². The van der Waals surface area contributed by atoms with Gasteiger partial charge in [-0.1, -0.05) is 30.3 Å². The Morgan fingerprint density at radius 2 is 1.94 bits per heavy atom. The van der Waals surface area contributed by atoms with Gasteiger partial charge in [-0.15, -0.1) is 11.3 Å². The summed E-state index contributed by atoms with van der Waals surface area (Å²) in [4.78, 5) is 63.1. The Morgan fingerprint density at radius 3 is 2.65 bits per heavy atom. The zero-order chi connectivity index (χ0) is 22.0. The number of aryl methyl sites for hydroxylation is 1. The molecule has 3 heterocycles. The van der Waals surface area contributed by atoms with Gasteiger partial charge in [-0.05, 0) is 30.0 Å². The fraction of sp³-hybridized carbons (Fsp3) is 0.318. The molecule has 0 bridgehead atoms. The molecule has 2 aliphatic rings. The van der Waals surface area contributed by atoms with E-state index in [4.69, 9.17) is 0 Å². The van der Waals surface area contributed by atoms with Crippen LogP contribution < -0.4 is 10.6 Å². The Morgan fingerprint density at radius 1 is 1.16 bits per heavy atom. The molecule has 0 saturated carbocycles. The van der Waals surface area contributed by atoms with Gasteiger partial charge in [0.2, 0.25) is 17.6 Å². The third-order valence-corrected chi connectivity index (χ3v) is 6.57. The topological polar surface area (TPSA) is 113 Å². The molecule has 1 fully saturated rings. The third kappa shape index (κ3) is 4.56. The number of nitrogens with zero attached hydrogens (tertiary/aromatic N) is 1. The first-order valence-electron chi connectivity index (χ1n) is 10.0. The molecule has 4 rings (SSSR count). The number of rotatable bonds is 7. The van der Waals surface area contributed by atoms with Crippen molar-refractivity contribution in [2.75, 3.05) is 0 Å². The number of ketones is 1. The van der Waals surface area contributed by atoms with E-state index < -0.39 is 23.6 Å². The summed E-state index contributed by atoms with van der Waals surface area (Å²) in [5.41, 5.74) is 1.79. The van der Waals surface area contributed by atoms with Crippen LogP contribution in [0.15, 0.2) is 36.4 Å². The van der Waals surface area contributed by atoms with Gasteiger partial charge in [-0.3, -0.25) is 29.3 Å². The number of benzene rings is 1. The molecule has 2 aromatic rings. The van der Waals surface area contributed by atoms with Crippen LogP contribution in [0.25, 0.3) is 0 Å². The van der Waals surface area contributed by atoms with Crippen LogP contribution in [0.3, 0.4) is 0 Å². The van der Waals surface area contributed by atoms with Gasteiger partial charge in [0.15, 0.2) is 0 Å². The van der Waals surface area contributed by atoms with Crippen LogP contribution in [-0.2, 0) is 38.7 Å². The van der Waals surface area contributed by atoms with Crippen LogP contribution in [0.1, 0.15) is 44.9 Å². The standard InChI is InChI=1S/C22H21N3O5S/c26-17(8-6-13-4-2-1-3-5-13)21(29)23-11-15-10-14-12-25(22(30)19(14)31-15)16-7-9-18(27)24-20(16)28/h1-5,10,16H,6-9,11-12H2,(H,23,29)(H,24,27,28). The molecule has 0 aliphatic carbocycles. The van der Waals surface area contributed by atoms with Crippen molar-refractivity contribution in [2.24, 2.45) is 0 Å². The molecule has 1 saturated heterocycles. The molecule has 0 spiro atoms. The van der Waals surface area contributed by atoms with Gasteiger partial charge in [-0.2, -0.15) is 0 Å². The summed E-state index contributed by atoms with van der Waals surface area (Å²) in [5.74, 6) is -2.12. The van der Waals surface area contributed by atoms with E-state index in [0.29, 0.717) is 24.3 Å². The Kier molecular flexibility index (Phi) is 5.94. The highest BCUT2D eigenvalue weighted by atomic mass is 32.1.